The second kappa shape index (κ2) is 6.54. The number of Topliss-reactive ketones (excluding diaryl/α,β-unsaturated/α-hetero) is 1. The van der Waals surface area contributed by atoms with Crippen LogP contribution in [0.25, 0.3) is 0 Å². The summed E-state index contributed by atoms with van der Waals surface area (Å²) < 4.78 is 31.3. The number of fused-ring (bicyclic) bond motifs is 1. The van der Waals surface area contributed by atoms with Crippen LogP contribution in [0.15, 0.2) is 81.0 Å². The Kier molecular flexibility index (Phi) is 4.34. The van der Waals surface area contributed by atoms with Crippen molar-refractivity contribution in [3.05, 3.63) is 82.3 Å². The molecule has 2 aliphatic rings. The minimum atomic E-state index is -3.98. The van der Waals surface area contributed by atoms with Crippen molar-refractivity contribution in [1.29, 1.82) is 0 Å². The number of rotatable bonds is 3. The third kappa shape index (κ3) is 3.05. The van der Waals surface area contributed by atoms with Gasteiger partial charge in [-0.05, 0) is 25.1 Å². The molecule has 132 valence electrons. The second-order valence-corrected chi connectivity index (χ2v) is 8.82. The molecule has 0 radical (unpaired) electrons. The van der Waals surface area contributed by atoms with Crippen LogP contribution in [-0.2, 0) is 19.1 Å². The largest absolute Gasteiger partial charge is 0.297 e. The maximum atomic E-state index is 12.8. The first-order valence-electron chi connectivity index (χ1n) is 8.16. The molecule has 0 spiro atoms. The summed E-state index contributed by atoms with van der Waals surface area (Å²) in [6.07, 6.45) is 3.06. The highest BCUT2D eigenvalue weighted by Gasteiger charge is 2.35. The number of allylic oxidation sites excluding steroid dienone is 2. The highest BCUT2D eigenvalue weighted by molar-refractivity contribution is 8.04. The van der Waals surface area contributed by atoms with Gasteiger partial charge in [0.1, 0.15) is 6.10 Å². The van der Waals surface area contributed by atoms with E-state index in [0.717, 1.165) is 16.0 Å². The van der Waals surface area contributed by atoms with E-state index in [4.69, 9.17) is 4.18 Å². The molecule has 1 heterocycles. The first-order valence-corrected chi connectivity index (χ1v) is 10.4. The average molecular weight is 384 g/mol. The Morgan fingerprint density at radius 1 is 1.08 bits per heavy atom. The molecule has 4 rings (SSSR count). The third-order valence-corrected chi connectivity index (χ3v) is 6.90. The molecular weight excluding hydrogens is 368 g/mol. The Bertz CT molecular complexity index is 1050. The Balaban J connectivity index is 1.79. The fourth-order valence-corrected chi connectivity index (χ4v) is 5.19. The van der Waals surface area contributed by atoms with E-state index in [9.17, 15) is 13.2 Å². The lowest BCUT2D eigenvalue weighted by molar-refractivity contribution is -0.114. The summed E-state index contributed by atoms with van der Waals surface area (Å²) in [4.78, 5) is 13.8. The Hall–Kier alpha value is -2.15. The van der Waals surface area contributed by atoms with Crippen molar-refractivity contribution in [2.75, 3.05) is 0 Å². The number of carbonyl (C=O) groups is 1. The van der Waals surface area contributed by atoms with Gasteiger partial charge in [-0.2, -0.15) is 8.42 Å². The van der Waals surface area contributed by atoms with E-state index < -0.39 is 16.2 Å². The predicted octanol–water partition coefficient (Wildman–Crippen LogP) is 4.33. The summed E-state index contributed by atoms with van der Waals surface area (Å²) in [7, 11) is -3.98. The molecule has 0 bridgehead atoms. The van der Waals surface area contributed by atoms with Crippen LogP contribution in [-0.4, -0.2) is 14.2 Å². The van der Waals surface area contributed by atoms with Crippen molar-refractivity contribution in [2.45, 2.75) is 29.2 Å². The van der Waals surface area contributed by atoms with Crippen LogP contribution in [0.4, 0.5) is 0 Å². The summed E-state index contributed by atoms with van der Waals surface area (Å²) in [5.41, 5.74) is 2.33. The van der Waals surface area contributed by atoms with Gasteiger partial charge in [0.25, 0.3) is 10.1 Å². The lowest BCUT2D eigenvalue weighted by atomic mass is 9.95. The summed E-state index contributed by atoms with van der Waals surface area (Å²) >= 11 is 1.38. The van der Waals surface area contributed by atoms with Gasteiger partial charge in [0.05, 0.1) is 9.80 Å². The van der Waals surface area contributed by atoms with Gasteiger partial charge in [0.2, 0.25) is 0 Å². The van der Waals surface area contributed by atoms with E-state index >= 15 is 0 Å². The van der Waals surface area contributed by atoms with E-state index in [2.05, 4.69) is 0 Å². The number of benzene rings is 2. The van der Waals surface area contributed by atoms with E-state index in [0.29, 0.717) is 16.9 Å². The fourth-order valence-electron chi connectivity index (χ4n) is 3.00. The summed E-state index contributed by atoms with van der Waals surface area (Å²) in [6, 6.07) is 14.0. The Morgan fingerprint density at radius 2 is 1.81 bits per heavy atom. The molecule has 4 nitrogen and oxygen atoms in total. The summed E-state index contributed by atoms with van der Waals surface area (Å²) in [5.74, 6) is -0.0108. The van der Waals surface area contributed by atoms with Gasteiger partial charge in [-0.25, -0.2) is 0 Å². The van der Waals surface area contributed by atoms with Gasteiger partial charge in [0.15, 0.2) is 5.78 Å². The zero-order valence-electron chi connectivity index (χ0n) is 14.0. The van der Waals surface area contributed by atoms with E-state index in [1.165, 1.54) is 23.9 Å². The molecule has 0 saturated carbocycles. The highest BCUT2D eigenvalue weighted by atomic mass is 32.2. The van der Waals surface area contributed by atoms with Crippen molar-refractivity contribution >= 4 is 27.7 Å². The highest BCUT2D eigenvalue weighted by Crippen LogP contribution is 2.48. The Labute approximate surface area is 156 Å². The molecular formula is C20H16O4S2. The van der Waals surface area contributed by atoms with E-state index in [1.807, 2.05) is 31.2 Å². The number of hydrogen-bond acceptors (Lipinski definition) is 5. The lowest BCUT2D eigenvalue weighted by Crippen LogP contribution is -2.21. The van der Waals surface area contributed by atoms with Crippen LogP contribution in [0, 0.1) is 6.92 Å². The van der Waals surface area contributed by atoms with E-state index in [1.54, 1.807) is 24.3 Å². The number of thioether (sulfide) groups is 1. The quantitative estimate of drug-likeness (QED) is 0.737. The predicted molar refractivity (Wildman–Crippen MR) is 100 cm³/mol. The molecule has 0 fully saturated rings. The summed E-state index contributed by atoms with van der Waals surface area (Å²) in [5, 5.41) is 0. The first-order chi connectivity index (χ1) is 12.5. The minimum absolute atomic E-state index is 0.0108. The summed E-state index contributed by atoms with van der Waals surface area (Å²) in [6.45, 7) is 1.89. The average Bonchev–Trinajstić information content (AvgIpc) is 2.63. The molecule has 1 aliphatic carbocycles. The van der Waals surface area contributed by atoms with Gasteiger partial charge in [-0.3, -0.25) is 8.98 Å². The van der Waals surface area contributed by atoms with Gasteiger partial charge < -0.3 is 0 Å². The smallest absolute Gasteiger partial charge is 0.293 e. The lowest BCUT2D eigenvalue weighted by Gasteiger charge is -2.29. The Morgan fingerprint density at radius 3 is 2.58 bits per heavy atom. The molecule has 1 aliphatic heterocycles. The molecule has 0 N–H and O–H groups in total. The molecule has 0 saturated heterocycles. The van der Waals surface area contributed by atoms with Crippen LogP contribution < -0.4 is 0 Å². The third-order valence-electron chi connectivity index (χ3n) is 4.34. The molecule has 26 heavy (non-hydrogen) atoms. The molecule has 0 aromatic heterocycles. The van der Waals surface area contributed by atoms with Gasteiger partial charge in [0, 0.05) is 22.5 Å². The zero-order chi connectivity index (χ0) is 18.3. The molecule has 2 aromatic rings. The van der Waals surface area contributed by atoms with Gasteiger partial charge in [-0.1, -0.05) is 59.8 Å². The van der Waals surface area contributed by atoms with Crippen molar-refractivity contribution < 1.29 is 17.4 Å². The normalized spacial score (nSPS) is 19.3. The SMILES string of the molecule is Cc1ccc(S(=O)(=O)OC2C3=C(Sc4ccccc42)C(=O)CC=C3)cc1. The monoisotopic (exact) mass is 384 g/mol. The van der Waals surface area contributed by atoms with E-state index in [-0.39, 0.29) is 10.7 Å². The fraction of sp³-hybridized carbons (Fsp3) is 0.150. The number of hydrogen-bond donors (Lipinski definition) is 0. The minimum Gasteiger partial charge on any atom is -0.293 e. The van der Waals surface area contributed by atoms with Crippen LogP contribution in [0.3, 0.4) is 0 Å². The topological polar surface area (TPSA) is 60.4 Å². The van der Waals surface area contributed by atoms with Crippen molar-refractivity contribution in [2.24, 2.45) is 0 Å². The standard InChI is InChI=1S/C20H16O4S2/c1-13-9-11-14(12-10-13)26(22,23)24-19-15-5-2-3-8-18(15)25-20-16(19)6-4-7-17(20)21/h2-6,8-12,19H,7H2,1H3. The van der Waals surface area contributed by atoms with Crippen LogP contribution in [0.1, 0.15) is 23.7 Å². The molecule has 6 heteroatoms. The maximum Gasteiger partial charge on any atom is 0.297 e. The number of carbonyl (C=O) groups excluding carboxylic acids is 1. The molecule has 1 unspecified atom stereocenters. The second-order valence-electron chi connectivity index (χ2n) is 6.20. The number of aryl methyl sites for hydroxylation is 1. The van der Waals surface area contributed by atoms with Crippen molar-refractivity contribution in [3.63, 3.8) is 0 Å². The van der Waals surface area contributed by atoms with Gasteiger partial charge >= 0.3 is 0 Å². The van der Waals surface area contributed by atoms with Gasteiger partial charge in [-0.15, -0.1) is 0 Å². The van der Waals surface area contributed by atoms with Crippen molar-refractivity contribution in [3.8, 4) is 0 Å². The molecule has 0 amide bonds. The first kappa shape index (κ1) is 17.3. The zero-order valence-corrected chi connectivity index (χ0v) is 15.6. The maximum absolute atomic E-state index is 12.8. The molecule has 1 atom stereocenters. The molecule has 2 aromatic carbocycles. The van der Waals surface area contributed by atoms with Crippen LogP contribution in [0.5, 0.6) is 0 Å². The number of ketones is 1. The van der Waals surface area contributed by atoms with Crippen LogP contribution in [0.2, 0.25) is 0 Å². The van der Waals surface area contributed by atoms with Crippen molar-refractivity contribution in [1.82, 2.24) is 0 Å². The van der Waals surface area contributed by atoms with Crippen LogP contribution >= 0.6 is 11.8 Å².